The van der Waals surface area contributed by atoms with Crippen molar-refractivity contribution in [3.8, 4) is 11.5 Å². The van der Waals surface area contributed by atoms with Crippen LogP contribution in [-0.4, -0.2) is 10.2 Å². The van der Waals surface area contributed by atoms with Gasteiger partial charge in [0.25, 0.3) is 0 Å². The van der Waals surface area contributed by atoms with Crippen molar-refractivity contribution >= 4 is 0 Å². The molecule has 104 valence electrons. The molecule has 2 N–H and O–H groups in total. The number of rotatable bonds is 1. The highest BCUT2D eigenvalue weighted by Crippen LogP contribution is 2.41. The van der Waals surface area contributed by atoms with Crippen LogP contribution in [0.5, 0.6) is 11.5 Å². The van der Waals surface area contributed by atoms with Crippen molar-refractivity contribution in [2.75, 3.05) is 0 Å². The molecular formula is C15H12F2O3. The number of aliphatic hydroxyl groups is 1. The second-order valence-electron chi connectivity index (χ2n) is 4.75. The maximum absolute atomic E-state index is 13.4. The average Bonchev–Trinajstić information content (AvgIpc) is 2.42. The van der Waals surface area contributed by atoms with E-state index in [4.69, 9.17) is 4.74 Å². The van der Waals surface area contributed by atoms with Crippen molar-refractivity contribution in [2.24, 2.45) is 0 Å². The van der Waals surface area contributed by atoms with E-state index in [1.807, 2.05) is 0 Å². The Morgan fingerprint density at radius 3 is 2.65 bits per heavy atom. The number of aromatic hydroxyl groups is 1. The largest absolute Gasteiger partial charge is 0.505 e. The van der Waals surface area contributed by atoms with Crippen molar-refractivity contribution in [1.29, 1.82) is 0 Å². The highest BCUT2D eigenvalue weighted by Gasteiger charge is 2.28. The summed E-state index contributed by atoms with van der Waals surface area (Å²) in [4.78, 5) is 0. The van der Waals surface area contributed by atoms with Crippen molar-refractivity contribution < 1.29 is 23.7 Å². The predicted octanol–water partition coefficient (Wildman–Crippen LogP) is 3.23. The molecule has 1 heterocycles. The topological polar surface area (TPSA) is 49.7 Å². The van der Waals surface area contributed by atoms with E-state index in [-0.39, 0.29) is 6.42 Å². The zero-order chi connectivity index (χ0) is 14.3. The molecule has 0 aliphatic carbocycles. The van der Waals surface area contributed by atoms with E-state index < -0.39 is 29.6 Å². The van der Waals surface area contributed by atoms with Crippen molar-refractivity contribution in [3.63, 3.8) is 0 Å². The van der Waals surface area contributed by atoms with E-state index in [0.29, 0.717) is 16.9 Å². The van der Waals surface area contributed by atoms with E-state index in [9.17, 15) is 19.0 Å². The average molecular weight is 278 g/mol. The van der Waals surface area contributed by atoms with Crippen LogP contribution in [0, 0.1) is 11.6 Å². The minimum absolute atomic E-state index is 0.195. The monoisotopic (exact) mass is 278 g/mol. The summed E-state index contributed by atoms with van der Waals surface area (Å²) in [5.74, 6) is -1.25. The summed E-state index contributed by atoms with van der Waals surface area (Å²) in [5.41, 5.74) is 0.898. The quantitative estimate of drug-likeness (QED) is 0.842. The third-order valence-corrected chi connectivity index (χ3v) is 3.38. The smallest absolute Gasteiger partial charge is 0.165 e. The van der Waals surface area contributed by atoms with Gasteiger partial charge in [0.2, 0.25) is 0 Å². The van der Waals surface area contributed by atoms with Gasteiger partial charge in [-0.3, -0.25) is 0 Å². The van der Waals surface area contributed by atoms with Crippen LogP contribution in [0.2, 0.25) is 0 Å². The summed E-state index contributed by atoms with van der Waals surface area (Å²) in [6.07, 6.45) is -1.23. The number of ether oxygens (including phenoxy) is 1. The Balaban J connectivity index is 1.94. The van der Waals surface area contributed by atoms with Gasteiger partial charge in [-0.05, 0) is 35.9 Å². The second-order valence-corrected chi connectivity index (χ2v) is 4.75. The van der Waals surface area contributed by atoms with Gasteiger partial charge in [-0.1, -0.05) is 6.07 Å². The summed E-state index contributed by atoms with van der Waals surface area (Å²) in [6, 6.07) is 7.85. The van der Waals surface area contributed by atoms with Gasteiger partial charge in [-0.25, -0.2) is 8.78 Å². The number of halogens is 2. The summed E-state index contributed by atoms with van der Waals surface area (Å²) in [6.45, 7) is 0. The predicted molar refractivity (Wildman–Crippen MR) is 67.4 cm³/mol. The number of aliphatic hydroxyl groups excluding tert-OH is 1. The maximum atomic E-state index is 13.4. The molecule has 20 heavy (non-hydrogen) atoms. The Morgan fingerprint density at radius 1 is 1.10 bits per heavy atom. The lowest BCUT2D eigenvalue weighted by Crippen LogP contribution is -2.19. The van der Waals surface area contributed by atoms with Crippen LogP contribution in [0.25, 0.3) is 0 Å². The van der Waals surface area contributed by atoms with Crippen LogP contribution in [-0.2, 0) is 0 Å². The molecule has 1 unspecified atom stereocenters. The van der Waals surface area contributed by atoms with Crippen molar-refractivity contribution in [2.45, 2.75) is 18.6 Å². The molecule has 5 heteroatoms. The molecule has 0 amide bonds. The van der Waals surface area contributed by atoms with E-state index >= 15 is 0 Å². The molecule has 2 aromatic rings. The molecule has 0 radical (unpaired) electrons. The molecule has 0 saturated carbocycles. The van der Waals surface area contributed by atoms with Gasteiger partial charge in [-0.2, -0.15) is 0 Å². The van der Waals surface area contributed by atoms with E-state index in [1.165, 1.54) is 36.4 Å². The Morgan fingerprint density at radius 2 is 1.90 bits per heavy atom. The first kappa shape index (κ1) is 12.9. The van der Waals surface area contributed by atoms with Gasteiger partial charge in [0, 0.05) is 12.0 Å². The molecule has 1 aliphatic rings. The highest BCUT2D eigenvalue weighted by atomic mass is 19.1. The lowest BCUT2D eigenvalue weighted by Gasteiger charge is -2.30. The first-order valence-electron chi connectivity index (χ1n) is 6.17. The standard InChI is InChI=1S/C15H12F2O3/c16-9-2-4-14-10(6-9)13(19)7-15(20-14)8-1-3-12(18)11(17)5-8/h1-6,13,15,18-19H,7H2/t13-,15?/m0/s1. The zero-order valence-corrected chi connectivity index (χ0v) is 10.4. The Hall–Kier alpha value is -2.14. The molecule has 0 saturated heterocycles. The number of hydrogen-bond donors (Lipinski definition) is 2. The van der Waals surface area contributed by atoms with Gasteiger partial charge in [0.15, 0.2) is 11.6 Å². The normalized spacial score (nSPS) is 21.1. The van der Waals surface area contributed by atoms with E-state index in [2.05, 4.69) is 0 Å². The number of phenols is 1. The SMILES string of the molecule is Oc1ccc(C2C[C@H](O)c3cc(F)ccc3O2)cc1F. The van der Waals surface area contributed by atoms with Crippen LogP contribution in [0.3, 0.4) is 0 Å². The number of fused-ring (bicyclic) bond motifs is 1. The third-order valence-electron chi connectivity index (χ3n) is 3.38. The Kier molecular flexibility index (Phi) is 3.06. The number of phenolic OH excluding ortho intramolecular Hbond substituents is 1. The summed E-state index contributed by atoms with van der Waals surface area (Å²) in [7, 11) is 0. The van der Waals surface area contributed by atoms with Gasteiger partial charge < -0.3 is 14.9 Å². The molecule has 2 aromatic carbocycles. The first-order valence-corrected chi connectivity index (χ1v) is 6.17. The molecule has 3 rings (SSSR count). The molecule has 2 atom stereocenters. The molecule has 0 bridgehead atoms. The molecule has 1 aliphatic heterocycles. The van der Waals surface area contributed by atoms with Gasteiger partial charge in [0.05, 0.1) is 6.10 Å². The van der Waals surface area contributed by atoms with E-state index in [0.717, 1.165) is 0 Å². The molecule has 0 aromatic heterocycles. The van der Waals surface area contributed by atoms with Crippen LogP contribution in [0.15, 0.2) is 36.4 Å². The maximum Gasteiger partial charge on any atom is 0.165 e. The molecular weight excluding hydrogens is 266 g/mol. The fourth-order valence-electron chi connectivity index (χ4n) is 2.35. The number of benzene rings is 2. The molecule has 3 nitrogen and oxygen atoms in total. The zero-order valence-electron chi connectivity index (χ0n) is 10.4. The summed E-state index contributed by atoms with van der Waals surface area (Å²) < 4.78 is 32.2. The second kappa shape index (κ2) is 4.76. The van der Waals surface area contributed by atoms with Crippen LogP contribution >= 0.6 is 0 Å². The van der Waals surface area contributed by atoms with Crippen LogP contribution in [0.1, 0.15) is 29.8 Å². The fraction of sp³-hybridized carbons (Fsp3) is 0.200. The van der Waals surface area contributed by atoms with Crippen LogP contribution in [0.4, 0.5) is 8.78 Å². The molecule has 0 fully saturated rings. The number of hydrogen-bond acceptors (Lipinski definition) is 3. The Bertz CT molecular complexity index is 658. The lowest BCUT2D eigenvalue weighted by molar-refractivity contribution is 0.0651. The summed E-state index contributed by atoms with van der Waals surface area (Å²) in [5, 5.41) is 19.2. The van der Waals surface area contributed by atoms with Crippen molar-refractivity contribution in [1.82, 2.24) is 0 Å². The molecule has 0 spiro atoms. The lowest BCUT2D eigenvalue weighted by atomic mass is 9.95. The third kappa shape index (κ3) is 2.20. The highest BCUT2D eigenvalue weighted by molar-refractivity contribution is 5.39. The van der Waals surface area contributed by atoms with Gasteiger partial charge in [0.1, 0.15) is 17.7 Å². The Labute approximate surface area is 114 Å². The summed E-state index contributed by atoms with van der Waals surface area (Å²) >= 11 is 0. The fourth-order valence-corrected chi connectivity index (χ4v) is 2.35. The first-order chi connectivity index (χ1) is 9.54. The van der Waals surface area contributed by atoms with E-state index in [1.54, 1.807) is 0 Å². The minimum atomic E-state index is -0.878. The minimum Gasteiger partial charge on any atom is -0.505 e. The van der Waals surface area contributed by atoms with Gasteiger partial charge in [-0.15, -0.1) is 0 Å². The van der Waals surface area contributed by atoms with Crippen LogP contribution < -0.4 is 4.74 Å². The van der Waals surface area contributed by atoms with Crippen molar-refractivity contribution in [3.05, 3.63) is 59.2 Å². The van der Waals surface area contributed by atoms with Gasteiger partial charge >= 0.3 is 0 Å².